The number of hydrogen-bond donors (Lipinski definition) is 1. The van der Waals surface area contributed by atoms with Crippen LogP contribution in [-0.2, 0) is 4.74 Å². The van der Waals surface area contributed by atoms with Crippen molar-refractivity contribution in [3.63, 3.8) is 0 Å². The molecular formula is C17H33NOS. The number of nitrogens with one attached hydrogen (secondary N) is 1. The van der Waals surface area contributed by atoms with Crippen LogP contribution in [0.1, 0.15) is 65.2 Å². The Labute approximate surface area is 129 Å². The first-order chi connectivity index (χ1) is 9.78. The van der Waals surface area contributed by atoms with E-state index in [4.69, 9.17) is 4.74 Å². The molecule has 2 rings (SSSR count). The minimum atomic E-state index is 0.269. The van der Waals surface area contributed by atoms with Gasteiger partial charge in [-0.25, -0.2) is 0 Å². The van der Waals surface area contributed by atoms with Crippen LogP contribution < -0.4 is 5.32 Å². The second-order valence-corrected chi connectivity index (χ2v) is 7.82. The molecule has 0 radical (unpaired) electrons. The molecule has 3 atom stereocenters. The van der Waals surface area contributed by atoms with Gasteiger partial charge in [0.2, 0.25) is 0 Å². The van der Waals surface area contributed by atoms with Gasteiger partial charge >= 0.3 is 0 Å². The van der Waals surface area contributed by atoms with E-state index in [1.165, 1.54) is 69.4 Å². The predicted octanol–water partition coefficient (Wildman–Crippen LogP) is 4.24. The van der Waals surface area contributed by atoms with Gasteiger partial charge in [0.15, 0.2) is 0 Å². The van der Waals surface area contributed by atoms with Gasteiger partial charge in [-0.05, 0) is 63.2 Å². The molecule has 3 heteroatoms. The highest BCUT2D eigenvalue weighted by Crippen LogP contribution is 2.41. The molecule has 1 spiro atoms. The van der Waals surface area contributed by atoms with Crippen LogP contribution in [0.15, 0.2) is 0 Å². The third-order valence-electron chi connectivity index (χ3n) is 4.91. The van der Waals surface area contributed by atoms with Gasteiger partial charge in [-0.2, -0.15) is 11.8 Å². The van der Waals surface area contributed by atoms with E-state index in [2.05, 4.69) is 30.9 Å². The molecule has 0 amide bonds. The molecule has 118 valence electrons. The van der Waals surface area contributed by atoms with Gasteiger partial charge in [0.25, 0.3) is 0 Å². The van der Waals surface area contributed by atoms with Crippen LogP contribution in [-0.4, -0.2) is 36.3 Å². The van der Waals surface area contributed by atoms with Crippen molar-refractivity contribution in [2.75, 3.05) is 24.7 Å². The monoisotopic (exact) mass is 299 g/mol. The Morgan fingerprint density at radius 1 is 1.30 bits per heavy atom. The molecule has 2 fully saturated rings. The van der Waals surface area contributed by atoms with E-state index in [1.807, 2.05) is 0 Å². The second-order valence-electron chi connectivity index (χ2n) is 6.71. The van der Waals surface area contributed by atoms with Crippen LogP contribution in [0.25, 0.3) is 0 Å². The predicted molar refractivity (Wildman–Crippen MR) is 89.6 cm³/mol. The van der Waals surface area contributed by atoms with Gasteiger partial charge in [-0.15, -0.1) is 0 Å². The second kappa shape index (κ2) is 8.65. The summed E-state index contributed by atoms with van der Waals surface area (Å²) in [6, 6.07) is 0.747. The topological polar surface area (TPSA) is 21.3 Å². The molecule has 0 aromatic rings. The zero-order valence-corrected chi connectivity index (χ0v) is 14.3. The Morgan fingerprint density at radius 3 is 2.90 bits per heavy atom. The Balaban J connectivity index is 1.73. The maximum atomic E-state index is 6.14. The van der Waals surface area contributed by atoms with Gasteiger partial charge in [0, 0.05) is 18.4 Å². The third-order valence-corrected chi connectivity index (χ3v) is 6.13. The van der Waals surface area contributed by atoms with Crippen molar-refractivity contribution < 1.29 is 4.74 Å². The highest BCUT2D eigenvalue weighted by molar-refractivity contribution is 7.99. The maximum Gasteiger partial charge on any atom is 0.0783 e. The highest BCUT2D eigenvalue weighted by Gasteiger charge is 2.40. The summed E-state index contributed by atoms with van der Waals surface area (Å²) in [7, 11) is 0. The molecule has 0 aromatic carbocycles. The molecule has 0 saturated carbocycles. The minimum absolute atomic E-state index is 0.269. The molecule has 1 N–H and O–H groups in total. The lowest BCUT2D eigenvalue weighted by molar-refractivity contribution is -0.0810. The zero-order valence-electron chi connectivity index (χ0n) is 13.5. The quantitative estimate of drug-likeness (QED) is 0.724. The lowest BCUT2D eigenvalue weighted by Gasteiger charge is -2.38. The normalized spacial score (nSPS) is 31.8. The molecule has 2 aliphatic rings. The Morgan fingerprint density at radius 2 is 2.20 bits per heavy atom. The van der Waals surface area contributed by atoms with Crippen LogP contribution in [0, 0.1) is 5.92 Å². The number of ether oxygens (including phenoxy) is 1. The third kappa shape index (κ3) is 4.92. The van der Waals surface area contributed by atoms with Crippen molar-refractivity contribution >= 4 is 11.8 Å². The standard InChI is InChI=1S/C17H33NOS/c1-3-5-16(18-10-4-2)7-6-15-8-11-19-17(13-15)9-12-20-14-17/h15-16,18H,3-14H2,1-2H3. The number of rotatable bonds is 8. The van der Waals surface area contributed by atoms with Crippen molar-refractivity contribution in [2.45, 2.75) is 76.9 Å². The van der Waals surface area contributed by atoms with Gasteiger partial charge < -0.3 is 10.1 Å². The van der Waals surface area contributed by atoms with Crippen molar-refractivity contribution in [2.24, 2.45) is 5.92 Å². The molecule has 0 aromatic heterocycles. The SMILES string of the molecule is CCCNC(CCC)CCC1CCOC2(CCSC2)C1. The summed E-state index contributed by atoms with van der Waals surface area (Å²) in [6.07, 6.45) is 10.6. The summed E-state index contributed by atoms with van der Waals surface area (Å²) in [5.74, 6) is 3.46. The Kier molecular flexibility index (Phi) is 7.20. The number of hydrogen-bond acceptors (Lipinski definition) is 3. The van der Waals surface area contributed by atoms with Crippen molar-refractivity contribution in [3.8, 4) is 0 Å². The van der Waals surface area contributed by atoms with Crippen LogP contribution >= 0.6 is 11.8 Å². The molecule has 2 nitrogen and oxygen atoms in total. The van der Waals surface area contributed by atoms with Gasteiger partial charge in [0.05, 0.1) is 5.60 Å². The van der Waals surface area contributed by atoms with E-state index in [1.54, 1.807) is 0 Å². The molecule has 2 saturated heterocycles. The molecule has 0 bridgehead atoms. The fourth-order valence-corrected chi connectivity index (χ4v) is 5.10. The lowest BCUT2D eigenvalue weighted by Crippen LogP contribution is -2.40. The fourth-order valence-electron chi connectivity index (χ4n) is 3.72. The summed E-state index contributed by atoms with van der Waals surface area (Å²) in [6.45, 7) is 6.75. The molecule has 2 heterocycles. The maximum absolute atomic E-state index is 6.14. The molecule has 2 aliphatic heterocycles. The lowest BCUT2D eigenvalue weighted by atomic mass is 9.82. The van der Waals surface area contributed by atoms with E-state index in [9.17, 15) is 0 Å². The molecule has 20 heavy (non-hydrogen) atoms. The first kappa shape index (κ1) is 16.6. The zero-order chi connectivity index (χ0) is 14.3. The summed E-state index contributed by atoms with van der Waals surface area (Å²) in [5.41, 5.74) is 0.269. The Bertz CT molecular complexity index is 266. The highest BCUT2D eigenvalue weighted by atomic mass is 32.2. The summed E-state index contributed by atoms with van der Waals surface area (Å²) in [4.78, 5) is 0. The van der Waals surface area contributed by atoms with Crippen LogP contribution in [0.2, 0.25) is 0 Å². The average Bonchev–Trinajstić information content (AvgIpc) is 2.90. The first-order valence-electron chi connectivity index (χ1n) is 8.73. The van der Waals surface area contributed by atoms with Gasteiger partial charge in [0.1, 0.15) is 0 Å². The van der Waals surface area contributed by atoms with E-state index in [-0.39, 0.29) is 5.60 Å². The van der Waals surface area contributed by atoms with Crippen LogP contribution in [0.5, 0.6) is 0 Å². The fraction of sp³-hybridized carbons (Fsp3) is 1.00. The smallest absolute Gasteiger partial charge is 0.0783 e. The van der Waals surface area contributed by atoms with Crippen LogP contribution in [0.3, 0.4) is 0 Å². The van der Waals surface area contributed by atoms with Gasteiger partial charge in [-0.1, -0.05) is 20.3 Å². The molecule has 3 unspecified atom stereocenters. The van der Waals surface area contributed by atoms with Gasteiger partial charge in [-0.3, -0.25) is 0 Å². The largest absolute Gasteiger partial charge is 0.374 e. The minimum Gasteiger partial charge on any atom is -0.374 e. The van der Waals surface area contributed by atoms with Crippen molar-refractivity contribution in [1.29, 1.82) is 0 Å². The average molecular weight is 300 g/mol. The van der Waals surface area contributed by atoms with E-state index in [0.717, 1.165) is 18.6 Å². The molecule has 0 aliphatic carbocycles. The number of thioether (sulfide) groups is 1. The van der Waals surface area contributed by atoms with E-state index >= 15 is 0 Å². The van der Waals surface area contributed by atoms with E-state index in [0.29, 0.717) is 0 Å². The summed E-state index contributed by atoms with van der Waals surface area (Å²) < 4.78 is 6.14. The summed E-state index contributed by atoms with van der Waals surface area (Å²) >= 11 is 2.09. The first-order valence-corrected chi connectivity index (χ1v) is 9.88. The van der Waals surface area contributed by atoms with Crippen molar-refractivity contribution in [3.05, 3.63) is 0 Å². The Hall–Kier alpha value is 0.270. The van der Waals surface area contributed by atoms with E-state index < -0.39 is 0 Å². The van der Waals surface area contributed by atoms with Crippen LogP contribution in [0.4, 0.5) is 0 Å². The van der Waals surface area contributed by atoms with Crippen molar-refractivity contribution in [1.82, 2.24) is 5.32 Å². The summed E-state index contributed by atoms with van der Waals surface area (Å²) in [5, 5.41) is 3.74. The molecular weight excluding hydrogens is 266 g/mol.